The van der Waals surface area contributed by atoms with Crippen molar-refractivity contribution in [2.75, 3.05) is 0 Å². The average Bonchev–Trinajstić information content (AvgIpc) is 2.57. The van der Waals surface area contributed by atoms with Crippen LogP contribution in [0.25, 0.3) is 0 Å². The lowest BCUT2D eigenvalue weighted by molar-refractivity contribution is -0.222. The van der Waals surface area contributed by atoms with Crippen molar-refractivity contribution in [2.45, 2.75) is 30.6 Å². The fraction of sp³-hybridized carbons (Fsp3) is 0.357. The second-order valence-electron chi connectivity index (χ2n) is 5.29. The molecule has 1 heterocycles. The van der Waals surface area contributed by atoms with Gasteiger partial charge in [0.2, 0.25) is 5.91 Å². The normalized spacial score (nSPS) is 29.3. The number of rotatable bonds is 4. The molecule has 2 rings (SSSR count). The summed E-state index contributed by atoms with van der Waals surface area (Å²) in [5, 5.41) is 44.8. The van der Waals surface area contributed by atoms with Crippen LogP contribution in [-0.4, -0.2) is 68.3 Å². The van der Waals surface area contributed by atoms with Crippen molar-refractivity contribution in [1.82, 2.24) is 10.7 Å². The van der Waals surface area contributed by atoms with E-state index in [1.165, 1.54) is 18.3 Å². The third-order valence-corrected chi connectivity index (χ3v) is 3.65. The number of hydrogen-bond acceptors (Lipinski definition) is 8. The molecule has 136 valence electrons. The van der Waals surface area contributed by atoms with Gasteiger partial charge in [-0.25, -0.2) is 0 Å². The number of phenols is 1. The summed E-state index contributed by atoms with van der Waals surface area (Å²) in [5.41, 5.74) is 8.23. The molecule has 1 amide bonds. The van der Waals surface area contributed by atoms with E-state index in [0.29, 0.717) is 5.56 Å². The van der Waals surface area contributed by atoms with Crippen LogP contribution >= 0.6 is 12.2 Å². The number of phenolic OH excluding ortho intramolecular Hbond substituents is 1. The van der Waals surface area contributed by atoms with E-state index in [2.05, 4.69) is 15.8 Å². The fourth-order valence-electron chi connectivity index (χ4n) is 2.12. The Morgan fingerprint density at radius 3 is 2.44 bits per heavy atom. The number of carbonyl (C=O) groups is 1. The van der Waals surface area contributed by atoms with Crippen LogP contribution in [-0.2, 0) is 9.53 Å². The van der Waals surface area contributed by atoms with Crippen molar-refractivity contribution < 1.29 is 30.0 Å². The smallest absolute Gasteiger partial charge is 0.249 e. The van der Waals surface area contributed by atoms with E-state index in [1.54, 1.807) is 12.1 Å². The highest BCUT2D eigenvalue weighted by atomic mass is 32.1. The van der Waals surface area contributed by atoms with Crippen LogP contribution in [0.2, 0.25) is 0 Å². The van der Waals surface area contributed by atoms with Gasteiger partial charge < -0.3 is 36.2 Å². The summed E-state index contributed by atoms with van der Waals surface area (Å²) < 4.78 is 5.14. The van der Waals surface area contributed by atoms with Crippen molar-refractivity contribution >= 4 is 29.5 Å². The van der Waals surface area contributed by atoms with Crippen LogP contribution in [0.5, 0.6) is 5.75 Å². The number of hydrogen-bond donors (Lipinski definition) is 7. The number of ether oxygens (including phenoxy) is 1. The third-order valence-electron chi connectivity index (χ3n) is 3.44. The molecule has 0 saturated carbocycles. The Morgan fingerprint density at radius 2 is 1.84 bits per heavy atom. The summed E-state index contributed by atoms with van der Waals surface area (Å²) in [7, 11) is 0. The highest BCUT2D eigenvalue weighted by Crippen LogP contribution is 2.19. The highest BCUT2D eigenvalue weighted by molar-refractivity contribution is 7.80. The van der Waals surface area contributed by atoms with Gasteiger partial charge in [-0.1, -0.05) is 0 Å². The Bertz CT molecular complexity index is 655. The zero-order valence-electron chi connectivity index (χ0n) is 12.8. The first-order chi connectivity index (χ1) is 11.8. The number of aliphatic hydroxyl groups is 3. The number of nitrogens with one attached hydrogen (secondary N) is 2. The Balaban J connectivity index is 1.92. The molecule has 0 radical (unpaired) electrons. The van der Waals surface area contributed by atoms with Crippen LogP contribution in [0.1, 0.15) is 5.56 Å². The monoisotopic (exact) mass is 370 g/mol. The number of thiocarbonyl (C=S) groups is 1. The minimum absolute atomic E-state index is 0.0640. The van der Waals surface area contributed by atoms with Gasteiger partial charge in [-0.3, -0.25) is 10.2 Å². The van der Waals surface area contributed by atoms with Gasteiger partial charge in [-0.15, -0.1) is 0 Å². The average molecular weight is 370 g/mol. The number of amides is 1. The highest BCUT2D eigenvalue weighted by Gasteiger charge is 2.46. The van der Waals surface area contributed by atoms with Gasteiger partial charge >= 0.3 is 0 Å². The van der Waals surface area contributed by atoms with E-state index in [0.717, 1.165) is 0 Å². The number of primary amides is 1. The van der Waals surface area contributed by atoms with Gasteiger partial charge in [0.05, 0.1) is 6.21 Å². The van der Waals surface area contributed by atoms with Gasteiger partial charge in [0, 0.05) is 0 Å². The van der Waals surface area contributed by atoms with E-state index in [1.807, 2.05) is 0 Å². The first-order valence-corrected chi connectivity index (χ1v) is 7.58. The molecule has 0 spiro atoms. The zero-order chi connectivity index (χ0) is 18.6. The summed E-state index contributed by atoms with van der Waals surface area (Å²) in [5.74, 6) is -0.870. The van der Waals surface area contributed by atoms with Crippen LogP contribution in [0.4, 0.5) is 0 Å². The van der Waals surface area contributed by atoms with E-state index in [-0.39, 0.29) is 10.9 Å². The van der Waals surface area contributed by atoms with E-state index >= 15 is 0 Å². The Hall–Kier alpha value is -2.31. The Labute approximate surface area is 147 Å². The summed E-state index contributed by atoms with van der Waals surface area (Å²) >= 11 is 4.97. The van der Waals surface area contributed by atoms with E-state index in [9.17, 15) is 25.2 Å². The second kappa shape index (κ2) is 8.18. The van der Waals surface area contributed by atoms with E-state index < -0.39 is 36.6 Å². The van der Waals surface area contributed by atoms with Gasteiger partial charge in [-0.05, 0) is 42.0 Å². The van der Waals surface area contributed by atoms with Gasteiger partial charge in [-0.2, -0.15) is 5.10 Å². The topological polar surface area (TPSA) is 170 Å². The number of nitrogens with two attached hydrogens (primary N) is 1. The minimum Gasteiger partial charge on any atom is -0.508 e. The molecular formula is C14H18N4O6S. The molecule has 25 heavy (non-hydrogen) atoms. The molecular weight excluding hydrogens is 352 g/mol. The molecule has 0 aromatic heterocycles. The molecule has 1 aliphatic rings. The largest absolute Gasteiger partial charge is 0.508 e. The lowest BCUT2D eigenvalue weighted by Gasteiger charge is -2.39. The predicted octanol–water partition coefficient (Wildman–Crippen LogP) is -2.52. The lowest BCUT2D eigenvalue weighted by atomic mass is 9.98. The maximum Gasteiger partial charge on any atom is 0.249 e. The fourth-order valence-corrected chi connectivity index (χ4v) is 2.29. The number of carbonyl (C=O) groups excluding carboxylic acids is 1. The predicted molar refractivity (Wildman–Crippen MR) is 90.4 cm³/mol. The molecule has 0 aliphatic carbocycles. The summed E-state index contributed by atoms with van der Waals surface area (Å²) in [6.07, 6.45) is -6.20. The number of aromatic hydroxyl groups is 1. The van der Waals surface area contributed by atoms with Crippen molar-refractivity contribution in [1.29, 1.82) is 0 Å². The summed E-state index contributed by atoms with van der Waals surface area (Å²) in [6.45, 7) is 0. The standard InChI is InChI=1S/C14H18N4O6S/c15-12(23)11-9(21)8(20)10(22)13(24-11)17-14(25)18-16-5-6-1-3-7(19)4-2-6/h1-5,8-11,13,19-22H,(H2,15,23)(H2,17,18,25)/b16-5+/t8-,9-,10+,11-,13+/m0/s1. The SMILES string of the molecule is NC(=O)[C@H]1O[C@@H](NC(=S)N/N=C/c2ccc(O)cc2)[C@H](O)[C@@H](O)[C@@H]1O. The molecule has 0 unspecified atom stereocenters. The summed E-state index contributed by atoms with van der Waals surface area (Å²) in [6, 6.07) is 6.22. The lowest BCUT2D eigenvalue weighted by Crippen LogP contribution is -2.65. The van der Waals surface area contributed by atoms with Crippen LogP contribution in [0.15, 0.2) is 29.4 Å². The summed E-state index contributed by atoms with van der Waals surface area (Å²) in [4.78, 5) is 11.2. The molecule has 11 heteroatoms. The number of benzene rings is 1. The quantitative estimate of drug-likeness (QED) is 0.172. The Kier molecular flexibility index (Phi) is 6.22. The molecule has 0 bridgehead atoms. The number of aliphatic hydroxyl groups excluding tert-OH is 3. The second-order valence-corrected chi connectivity index (χ2v) is 5.69. The first-order valence-electron chi connectivity index (χ1n) is 7.17. The molecule has 1 aliphatic heterocycles. The molecule has 5 atom stereocenters. The van der Waals surface area contributed by atoms with Crippen molar-refractivity contribution in [2.24, 2.45) is 10.8 Å². The van der Waals surface area contributed by atoms with Gasteiger partial charge in [0.15, 0.2) is 17.4 Å². The van der Waals surface area contributed by atoms with Crippen LogP contribution < -0.4 is 16.5 Å². The Morgan fingerprint density at radius 1 is 1.20 bits per heavy atom. The maximum atomic E-state index is 11.2. The zero-order valence-corrected chi connectivity index (χ0v) is 13.6. The molecule has 8 N–H and O–H groups in total. The molecule has 1 aromatic carbocycles. The number of hydrazone groups is 1. The van der Waals surface area contributed by atoms with Crippen LogP contribution in [0.3, 0.4) is 0 Å². The molecule has 1 fully saturated rings. The van der Waals surface area contributed by atoms with E-state index in [4.69, 9.17) is 22.7 Å². The molecule has 1 saturated heterocycles. The maximum absolute atomic E-state index is 11.2. The van der Waals surface area contributed by atoms with Gasteiger partial charge in [0.25, 0.3) is 0 Å². The first kappa shape index (κ1) is 19.0. The van der Waals surface area contributed by atoms with Crippen molar-refractivity contribution in [3.63, 3.8) is 0 Å². The van der Waals surface area contributed by atoms with Gasteiger partial charge in [0.1, 0.15) is 24.1 Å². The molecule has 1 aromatic rings. The van der Waals surface area contributed by atoms with Crippen LogP contribution in [0, 0.1) is 0 Å². The van der Waals surface area contributed by atoms with Crippen molar-refractivity contribution in [3.05, 3.63) is 29.8 Å². The minimum atomic E-state index is -1.65. The van der Waals surface area contributed by atoms with Crippen molar-refractivity contribution in [3.8, 4) is 5.75 Å². The third kappa shape index (κ3) is 4.84. The number of nitrogens with zero attached hydrogens (tertiary/aromatic N) is 1. The molecule has 10 nitrogen and oxygen atoms in total.